The summed E-state index contributed by atoms with van der Waals surface area (Å²) in [6.07, 6.45) is 0.261. The van der Waals surface area contributed by atoms with Gasteiger partial charge in [-0.3, -0.25) is 0 Å². The lowest BCUT2D eigenvalue weighted by Crippen LogP contribution is -2.24. The summed E-state index contributed by atoms with van der Waals surface area (Å²) in [5.41, 5.74) is 3.95. The van der Waals surface area contributed by atoms with Crippen LogP contribution in [0.1, 0.15) is 42.2 Å². The Labute approximate surface area is 133 Å². The topological polar surface area (TPSA) is 29.5 Å². The van der Waals surface area contributed by atoms with Crippen molar-refractivity contribution in [3.05, 3.63) is 63.1 Å². The SMILES string of the molecule is Cc1ccc(Br)cc1C(O)c1ccc2c(c1)CC(C)(C)O2. The highest BCUT2D eigenvalue weighted by atomic mass is 79.9. The van der Waals surface area contributed by atoms with Crippen LogP contribution in [0.2, 0.25) is 0 Å². The molecule has 2 aromatic rings. The second-order valence-corrected chi connectivity index (χ2v) is 7.22. The van der Waals surface area contributed by atoms with Gasteiger partial charge in [-0.05, 0) is 67.3 Å². The molecule has 1 N–H and O–H groups in total. The van der Waals surface area contributed by atoms with E-state index in [1.54, 1.807) is 0 Å². The number of rotatable bonds is 2. The highest BCUT2D eigenvalue weighted by Gasteiger charge is 2.30. The predicted octanol–water partition coefficient (Wildman–Crippen LogP) is 4.55. The van der Waals surface area contributed by atoms with Crippen molar-refractivity contribution in [2.45, 2.75) is 38.9 Å². The van der Waals surface area contributed by atoms with Gasteiger partial charge >= 0.3 is 0 Å². The van der Waals surface area contributed by atoms with Gasteiger partial charge < -0.3 is 9.84 Å². The lowest BCUT2D eigenvalue weighted by atomic mass is 9.94. The van der Waals surface area contributed by atoms with Crippen LogP contribution in [0.15, 0.2) is 40.9 Å². The minimum absolute atomic E-state index is 0.155. The number of hydrogen-bond donors (Lipinski definition) is 1. The maximum atomic E-state index is 10.7. The lowest BCUT2D eigenvalue weighted by Gasteiger charge is -2.16. The first-order chi connectivity index (χ1) is 9.85. The van der Waals surface area contributed by atoms with E-state index in [1.807, 2.05) is 37.3 Å². The Balaban J connectivity index is 1.97. The van der Waals surface area contributed by atoms with E-state index < -0.39 is 6.10 Å². The molecule has 1 aliphatic heterocycles. The second kappa shape index (κ2) is 5.15. The third-order valence-electron chi connectivity index (χ3n) is 3.94. The third-order valence-corrected chi connectivity index (χ3v) is 4.43. The van der Waals surface area contributed by atoms with Crippen molar-refractivity contribution in [2.24, 2.45) is 0 Å². The number of aliphatic hydroxyl groups excluding tert-OH is 1. The van der Waals surface area contributed by atoms with Gasteiger partial charge in [0.15, 0.2) is 0 Å². The van der Waals surface area contributed by atoms with Crippen LogP contribution in [0.25, 0.3) is 0 Å². The zero-order valence-corrected chi connectivity index (χ0v) is 14.1. The summed E-state index contributed by atoms with van der Waals surface area (Å²) in [4.78, 5) is 0. The van der Waals surface area contributed by atoms with E-state index in [-0.39, 0.29) is 5.60 Å². The molecule has 21 heavy (non-hydrogen) atoms. The van der Waals surface area contributed by atoms with E-state index in [9.17, 15) is 5.11 Å². The molecular weight excluding hydrogens is 328 g/mol. The Hall–Kier alpha value is -1.32. The molecule has 0 saturated heterocycles. The first kappa shape index (κ1) is 14.6. The van der Waals surface area contributed by atoms with Gasteiger partial charge in [0.2, 0.25) is 0 Å². The number of aliphatic hydroxyl groups is 1. The molecule has 1 unspecified atom stereocenters. The Morgan fingerprint density at radius 2 is 1.95 bits per heavy atom. The van der Waals surface area contributed by atoms with Crippen molar-refractivity contribution < 1.29 is 9.84 Å². The number of fused-ring (bicyclic) bond motifs is 1. The Kier molecular flexibility index (Phi) is 3.58. The molecule has 1 atom stereocenters. The summed E-state index contributed by atoms with van der Waals surface area (Å²) in [5.74, 6) is 0.932. The van der Waals surface area contributed by atoms with Crippen LogP contribution < -0.4 is 4.74 Å². The maximum absolute atomic E-state index is 10.7. The minimum atomic E-state index is -0.614. The van der Waals surface area contributed by atoms with Gasteiger partial charge in [-0.15, -0.1) is 0 Å². The highest BCUT2D eigenvalue weighted by Crippen LogP contribution is 2.37. The molecule has 0 radical (unpaired) electrons. The first-order valence-electron chi connectivity index (χ1n) is 7.12. The van der Waals surface area contributed by atoms with Crippen molar-refractivity contribution in [1.82, 2.24) is 0 Å². The molecule has 0 spiro atoms. The average Bonchev–Trinajstić information content (AvgIpc) is 2.73. The van der Waals surface area contributed by atoms with Crippen LogP contribution in [-0.2, 0) is 6.42 Å². The van der Waals surface area contributed by atoms with E-state index in [1.165, 1.54) is 5.56 Å². The van der Waals surface area contributed by atoms with Crippen LogP contribution >= 0.6 is 15.9 Å². The molecular formula is C18H19BrO2. The summed E-state index contributed by atoms with van der Waals surface area (Å²) in [6, 6.07) is 12.0. The molecule has 2 nitrogen and oxygen atoms in total. The van der Waals surface area contributed by atoms with Gasteiger partial charge in [-0.25, -0.2) is 0 Å². The van der Waals surface area contributed by atoms with Crippen molar-refractivity contribution in [3.8, 4) is 5.75 Å². The third kappa shape index (κ3) is 2.85. The number of hydrogen-bond acceptors (Lipinski definition) is 2. The summed E-state index contributed by atoms with van der Waals surface area (Å²) in [5, 5.41) is 10.7. The Bertz CT molecular complexity index is 692. The minimum Gasteiger partial charge on any atom is -0.487 e. The van der Waals surface area contributed by atoms with Crippen LogP contribution in [0, 0.1) is 6.92 Å². The van der Waals surface area contributed by atoms with Gasteiger partial charge in [-0.1, -0.05) is 28.1 Å². The van der Waals surface area contributed by atoms with Gasteiger partial charge in [0, 0.05) is 10.9 Å². The molecule has 3 heteroatoms. The van der Waals surface area contributed by atoms with Crippen LogP contribution in [-0.4, -0.2) is 10.7 Å². The van der Waals surface area contributed by atoms with Crippen LogP contribution in [0.5, 0.6) is 5.75 Å². The standard InChI is InChI=1S/C18H19BrO2/c1-11-4-6-14(19)9-15(11)17(20)12-5-7-16-13(8-12)10-18(2,3)21-16/h4-9,17,20H,10H2,1-3H3. The fourth-order valence-corrected chi connectivity index (χ4v) is 3.26. The molecule has 1 heterocycles. The van der Waals surface area contributed by atoms with E-state index in [4.69, 9.17) is 4.74 Å². The molecule has 1 aliphatic rings. The average molecular weight is 347 g/mol. The van der Waals surface area contributed by atoms with Gasteiger partial charge in [-0.2, -0.15) is 0 Å². The van der Waals surface area contributed by atoms with Crippen molar-refractivity contribution >= 4 is 15.9 Å². The lowest BCUT2D eigenvalue weighted by molar-refractivity contribution is 0.138. The summed E-state index contributed by atoms with van der Waals surface area (Å²) < 4.78 is 6.87. The molecule has 3 rings (SSSR count). The first-order valence-corrected chi connectivity index (χ1v) is 7.91. The number of ether oxygens (including phenoxy) is 1. The second-order valence-electron chi connectivity index (χ2n) is 6.31. The molecule has 0 bridgehead atoms. The van der Waals surface area contributed by atoms with Crippen molar-refractivity contribution in [2.75, 3.05) is 0 Å². The Morgan fingerprint density at radius 3 is 2.71 bits per heavy atom. The molecule has 0 fully saturated rings. The molecule has 0 aromatic heterocycles. The zero-order chi connectivity index (χ0) is 15.2. The molecule has 0 aliphatic carbocycles. The normalized spacial score (nSPS) is 17.2. The smallest absolute Gasteiger partial charge is 0.123 e. The van der Waals surface area contributed by atoms with Gasteiger partial charge in [0.1, 0.15) is 17.5 Å². The Morgan fingerprint density at radius 1 is 1.19 bits per heavy atom. The summed E-state index contributed by atoms with van der Waals surface area (Å²) >= 11 is 3.47. The quantitative estimate of drug-likeness (QED) is 0.863. The predicted molar refractivity (Wildman–Crippen MR) is 87.8 cm³/mol. The van der Waals surface area contributed by atoms with Crippen molar-refractivity contribution in [3.63, 3.8) is 0 Å². The van der Waals surface area contributed by atoms with E-state index in [2.05, 4.69) is 35.8 Å². The fraction of sp³-hybridized carbons (Fsp3) is 0.333. The zero-order valence-electron chi connectivity index (χ0n) is 12.5. The fourth-order valence-electron chi connectivity index (χ4n) is 2.89. The molecule has 110 valence electrons. The van der Waals surface area contributed by atoms with Gasteiger partial charge in [0.25, 0.3) is 0 Å². The number of aryl methyl sites for hydroxylation is 1. The number of halogens is 1. The largest absolute Gasteiger partial charge is 0.487 e. The van der Waals surface area contributed by atoms with E-state index >= 15 is 0 Å². The van der Waals surface area contributed by atoms with Crippen LogP contribution in [0.3, 0.4) is 0 Å². The molecule has 2 aromatic carbocycles. The molecule has 0 saturated carbocycles. The molecule has 0 amide bonds. The maximum Gasteiger partial charge on any atom is 0.123 e. The summed E-state index contributed by atoms with van der Waals surface area (Å²) in [7, 11) is 0. The summed E-state index contributed by atoms with van der Waals surface area (Å²) in [6.45, 7) is 6.19. The van der Waals surface area contributed by atoms with Crippen LogP contribution in [0.4, 0.5) is 0 Å². The van der Waals surface area contributed by atoms with E-state index in [0.29, 0.717) is 0 Å². The van der Waals surface area contributed by atoms with Gasteiger partial charge in [0.05, 0.1) is 0 Å². The van der Waals surface area contributed by atoms with Crippen molar-refractivity contribution in [1.29, 1.82) is 0 Å². The number of benzene rings is 2. The monoisotopic (exact) mass is 346 g/mol. The van der Waals surface area contributed by atoms with E-state index in [0.717, 1.165) is 33.3 Å². The highest BCUT2D eigenvalue weighted by molar-refractivity contribution is 9.10.